The van der Waals surface area contributed by atoms with E-state index in [1.165, 1.54) is 32.3 Å². The Morgan fingerprint density at radius 2 is 1.94 bits per heavy atom. The summed E-state index contributed by atoms with van der Waals surface area (Å²) in [4.78, 5) is 11.4. The Bertz CT molecular complexity index is 1260. The summed E-state index contributed by atoms with van der Waals surface area (Å²) in [5.74, 6) is 1.38. The second-order valence-electron chi connectivity index (χ2n) is 9.64. The lowest BCUT2D eigenvalue weighted by Gasteiger charge is -2.42. The smallest absolute Gasteiger partial charge is 0.147 e. The Balaban J connectivity index is 1.47. The maximum absolute atomic E-state index is 11.7. The Morgan fingerprint density at radius 1 is 1.16 bits per heavy atom. The number of benzene rings is 1. The van der Waals surface area contributed by atoms with Gasteiger partial charge in [-0.25, -0.2) is 18.4 Å². The quantitative estimate of drug-likeness (QED) is 0.590. The van der Waals surface area contributed by atoms with Gasteiger partial charge in [0.15, 0.2) is 0 Å². The molecule has 5 rings (SSSR count). The van der Waals surface area contributed by atoms with Crippen molar-refractivity contribution < 1.29 is 8.42 Å². The van der Waals surface area contributed by atoms with Crippen LogP contribution in [0.5, 0.6) is 0 Å². The lowest BCUT2D eigenvalue weighted by atomic mass is 9.79. The number of nitrogen functional groups attached to an aromatic ring is 1. The van der Waals surface area contributed by atoms with Gasteiger partial charge >= 0.3 is 0 Å². The molecule has 0 bridgehead atoms. The number of nitrogens with zero attached hydrogens (tertiary/aromatic N) is 4. The molecule has 0 spiro atoms. The molecule has 0 atom stereocenters. The minimum Gasteiger partial charge on any atom is -0.383 e. The van der Waals surface area contributed by atoms with Gasteiger partial charge in [-0.15, -0.1) is 0 Å². The number of sulfone groups is 1. The fourth-order valence-electron chi connectivity index (χ4n) is 5.08. The van der Waals surface area contributed by atoms with Crippen molar-refractivity contribution >= 4 is 26.7 Å². The van der Waals surface area contributed by atoms with E-state index in [4.69, 9.17) is 5.73 Å². The van der Waals surface area contributed by atoms with Crippen LogP contribution in [-0.2, 0) is 16.3 Å². The number of nitrogens with two attached hydrogens (primary N) is 1. The average molecular weight is 454 g/mol. The molecule has 170 valence electrons. The third-order valence-corrected chi connectivity index (χ3v) is 7.86. The fourth-order valence-corrected chi connectivity index (χ4v) is 5.68. The van der Waals surface area contributed by atoms with Crippen LogP contribution in [0.4, 0.5) is 5.82 Å². The van der Waals surface area contributed by atoms with E-state index in [9.17, 15) is 8.42 Å². The number of fused-ring (bicyclic) bond motifs is 1. The van der Waals surface area contributed by atoms with Gasteiger partial charge < -0.3 is 15.2 Å². The first-order valence-electron chi connectivity index (χ1n) is 11.4. The molecule has 3 heterocycles. The molecular formula is C24H31N5O2S. The van der Waals surface area contributed by atoms with E-state index in [-0.39, 0.29) is 5.75 Å². The van der Waals surface area contributed by atoms with Gasteiger partial charge in [-0.1, -0.05) is 23.8 Å². The highest BCUT2D eigenvalue weighted by Gasteiger charge is 2.34. The van der Waals surface area contributed by atoms with E-state index >= 15 is 0 Å². The lowest BCUT2D eigenvalue weighted by molar-refractivity contribution is 0.0921. The summed E-state index contributed by atoms with van der Waals surface area (Å²) in [6, 6.07) is 6.70. The normalized spacial score (nSPS) is 21.4. The molecule has 1 saturated heterocycles. The Hall–Kier alpha value is -2.45. The molecule has 0 amide bonds. The van der Waals surface area contributed by atoms with Crippen LogP contribution in [0.1, 0.15) is 36.4 Å². The molecule has 8 heteroatoms. The third kappa shape index (κ3) is 4.26. The first kappa shape index (κ1) is 21.4. The monoisotopic (exact) mass is 453 g/mol. The zero-order valence-corrected chi connectivity index (χ0v) is 19.6. The maximum Gasteiger partial charge on any atom is 0.147 e. The first-order valence-corrected chi connectivity index (χ1v) is 13.4. The predicted molar refractivity (Wildman–Crippen MR) is 128 cm³/mol. The molecule has 1 aliphatic carbocycles. The number of aryl methyl sites for hydroxylation is 2. The van der Waals surface area contributed by atoms with Crippen LogP contribution in [0.3, 0.4) is 0 Å². The van der Waals surface area contributed by atoms with Gasteiger partial charge in [0.05, 0.1) is 11.1 Å². The van der Waals surface area contributed by atoms with Crippen LogP contribution in [0.2, 0.25) is 0 Å². The van der Waals surface area contributed by atoms with E-state index in [1.54, 1.807) is 6.33 Å². The van der Waals surface area contributed by atoms with Crippen LogP contribution in [0, 0.1) is 12.8 Å². The zero-order valence-electron chi connectivity index (χ0n) is 18.8. The van der Waals surface area contributed by atoms with Crippen molar-refractivity contribution in [2.24, 2.45) is 5.92 Å². The summed E-state index contributed by atoms with van der Waals surface area (Å²) >= 11 is 0. The Labute approximate surface area is 189 Å². The van der Waals surface area contributed by atoms with Crippen molar-refractivity contribution in [1.82, 2.24) is 19.4 Å². The molecule has 0 radical (unpaired) electrons. The number of hydrogen-bond acceptors (Lipinski definition) is 6. The van der Waals surface area contributed by atoms with Crippen LogP contribution in [0.15, 0.2) is 30.7 Å². The van der Waals surface area contributed by atoms with Crippen LogP contribution in [-0.4, -0.2) is 59.5 Å². The van der Waals surface area contributed by atoms with Gasteiger partial charge in [-0.3, -0.25) is 0 Å². The average Bonchev–Trinajstić information content (AvgIpc) is 3.04. The fraction of sp³-hybridized carbons (Fsp3) is 0.500. The van der Waals surface area contributed by atoms with Crippen molar-refractivity contribution in [2.45, 2.75) is 38.6 Å². The van der Waals surface area contributed by atoms with Gasteiger partial charge in [0.2, 0.25) is 0 Å². The molecule has 32 heavy (non-hydrogen) atoms. The maximum atomic E-state index is 11.7. The standard InChI is InChI=1S/C24H31N5O2S/c1-16-8-17(4-7-32(2,30)31)10-19(9-16)21-14-29(24-22(21)23(25)26-15-27-24)20-11-18(12-20)13-28-5-3-6-28/h8-10,14-15,18,20H,3-7,11-13H2,1-2H3,(H2,25,26,27). The number of anilines is 1. The molecule has 2 aromatic heterocycles. The summed E-state index contributed by atoms with van der Waals surface area (Å²) in [6.45, 7) is 5.74. The number of aromatic nitrogens is 3. The van der Waals surface area contributed by atoms with Crippen LogP contribution in [0.25, 0.3) is 22.2 Å². The largest absolute Gasteiger partial charge is 0.383 e. The van der Waals surface area contributed by atoms with Gasteiger partial charge in [-0.05, 0) is 62.7 Å². The van der Waals surface area contributed by atoms with Crippen molar-refractivity contribution in [3.63, 3.8) is 0 Å². The highest BCUT2D eigenvalue weighted by molar-refractivity contribution is 7.90. The predicted octanol–water partition coefficient (Wildman–Crippen LogP) is 3.23. The highest BCUT2D eigenvalue weighted by atomic mass is 32.2. The molecule has 0 unspecified atom stereocenters. The first-order chi connectivity index (χ1) is 15.3. The third-order valence-electron chi connectivity index (χ3n) is 6.92. The van der Waals surface area contributed by atoms with Crippen molar-refractivity contribution in [3.8, 4) is 11.1 Å². The second kappa shape index (κ2) is 8.15. The Morgan fingerprint density at radius 3 is 2.62 bits per heavy atom. The van der Waals surface area contributed by atoms with Gasteiger partial charge in [0, 0.05) is 30.6 Å². The SMILES string of the molecule is Cc1cc(CCS(C)(=O)=O)cc(-c2cn(C3CC(CN4CCC4)C3)c3ncnc(N)c23)c1. The molecule has 7 nitrogen and oxygen atoms in total. The summed E-state index contributed by atoms with van der Waals surface area (Å²) in [6.07, 6.45) is 9.16. The summed E-state index contributed by atoms with van der Waals surface area (Å²) in [7, 11) is -3.02. The lowest BCUT2D eigenvalue weighted by Crippen LogP contribution is -2.43. The van der Waals surface area contributed by atoms with Crippen molar-refractivity contribution in [1.29, 1.82) is 0 Å². The van der Waals surface area contributed by atoms with Crippen molar-refractivity contribution in [2.75, 3.05) is 37.4 Å². The van der Waals surface area contributed by atoms with Gasteiger partial charge in [-0.2, -0.15) is 0 Å². The topological polar surface area (TPSA) is 94.1 Å². The summed E-state index contributed by atoms with van der Waals surface area (Å²) < 4.78 is 25.6. The van der Waals surface area contributed by atoms with E-state index in [2.05, 4.69) is 43.8 Å². The number of likely N-dealkylation sites (tertiary alicyclic amines) is 1. The van der Waals surface area contributed by atoms with Crippen LogP contribution >= 0.6 is 0 Å². The summed E-state index contributed by atoms with van der Waals surface area (Å²) in [5, 5.41) is 0.887. The number of hydrogen-bond donors (Lipinski definition) is 1. The van der Waals surface area contributed by atoms with Crippen LogP contribution < -0.4 is 5.73 Å². The molecule has 2 fully saturated rings. The van der Waals surface area contributed by atoms with Crippen molar-refractivity contribution in [3.05, 3.63) is 41.9 Å². The van der Waals surface area contributed by atoms with E-state index in [1.807, 2.05) is 6.92 Å². The zero-order chi connectivity index (χ0) is 22.5. The molecule has 2 N–H and O–H groups in total. The molecule has 1 saturated carbocycles. The minimum absolute atomic E-state index is 0.142. The number of rotatable bonds is 7. The highest BCUT2D eigenvalue weighted by Crippen LogP contribution is 2.43. The van der Waals surface area contributed by atoms with Gasteiger partial charge in [0.25, 0.3) is 0 Å². The molecule has 1 aliphatic heterocycles. The van der Waals surface area contributed by atoms with E-state index < -0.39 is 9.84 Å². The molecule has 3 aromatic rings. The van der Waals surface area contributed by atoms with E-state index in [0.29, 0.717) is 18.3 Å². The second-order valence-corrected chi connectivity index (χ2v) is 11.9. The molecule has 2 aliphatic rings. The molecule has 1 aromatic carbocycles. The molecular weight excluding hydrogens is 422 g/mol. The summed E-state index contributed by atoms with van der Waals surface area (Å²) in [5.41, 5.74) is 11.4. The van der Waals surface area contributed by atoms with E-state index in [0.717, 1.165) is 52.0 Å². The van der Waals surface area contributed by atoms with Gasteiger partial charge in [0.1, 0.15) is 27.6 Å². The minimum atomic E-state index is -3.02. The Kier molecular flexibility index (Phi) is 5.45.